The molecular weight excluding hydrogens is 302 g/mol. The first-order valence-electron chi connectivity index (χ1n) is 6.38. The Hall–Kier alpha value is -2.85. The minimum absolute atomic E-state index is 0.193. The van der Waals surface area contributed by atoms with Crippen LogP contribution in [0.25, 0.3) is 0 Å². The second-order valence-electron chi connectivity index (χ2n) is 4.36. The first-order chi connectivity index (χ1) is 10.7. The molecule has 0 aromatic heterocycles. The van der Waals surface area contributed by atoms with Gasteiger partial charge in [0, 0.05) is 22.3 Å². The number of thiocyanates is 1. The maximum Gasteiger partial charge on any atom is 0.323 e. The van der Waals surface area contributed by atoms with E-state index in [4.69, 9.17) is 14.7 Å². The number of nitrogens with zero attached hydrogens (tertiary/aromatic N) is 1. The van der Waals surface area contributed by atoms with Gasteiger partial charge in [0.15, 0.2) is 11.5 Å². The van der Waals surface area contributed by atoms with Crippen molar-refractivity contribution in [1.82, 2.24) is 0 Å². The Labute approximate surface area is 131 Å². The summed E-state index contributed by atoms with van der Waals surface area (Å²) in [6.45, 7) is 0.193. The quantitative estimate of drug-likeness (QED) is 0.668. The van der Waals surface area contributed by atoms with Gasteiger partial charge in [0.25, 0.3) is 0 Å². The molecular formula is C15H11N3O3S. The van der Waals surface area contributed by atoms with Crippen LogP contribution in [-0.2, 0) is 0 Å². The number of hydrogen-bond donors (Lipinski definition) is 2. The zero-order valence-electron chi connectivity index (χ0n) is 11.3. The van der Waals surface area contributed by atoms with Gasteiger partial charge < -0.3 is 20.1 Å². The lowest BCUT2D eigenvalue weighted by Crippen LogP contribution is -2.19. The number of hydrogen-bond acceptors (Lipinski definition) is 5. The number of thioether (sulfide) groups is 1. The molecule has 0 fully saturated rings. The van der Waals surface area contributed by atoms with Gasteiger partial charge in [0.1, 0.15) is 5.40 Å². The highest BCUT2D eigenvalue weighted by molar-refractivity contribution is 8.03. The Balaban J connectivity index is 1.61. The van der Waals surface area contributed by atoms with E-state index in [1.54, 1.807) is 42.5 Å². The van der Waals surface area contributed by atoms with Gasteiger partial charge >= 0.3 is 6.03 Å². The fraction of sp³-hybridized carbons (Fsp3) is 0.0667. The van der Waals surface area contributed by atoms with Crippen LogP contribution in [0, 0.1) is 10.7 Å². The zero-order valence-corrected chi connectivity index (χ0v) is 12.1. The number of benzene rings is 2. The number of anilines is 2. The van der Waals surface area contributed by atoms with Crippen LogP contribution in [0.15, 0.2) is 47.4 Å². The van der Waals surface area contributed by atoms with Crippen molar-refractivity contribution in [3.8, 4) is 16.9 Å². The van der Waals surface area contributed by atoms with Gasteiger partial charge in [-0.05, 0) is 48.2 Å². The monoisotopic (exact) mass is 313 g/mol. The number of urea groups is 1. The molecule has 0 saturated heterocycles. The SMILES string of the molecule is N#CSc1ccc(NC(=O)Nc2ccc3c(c2)OCO3)cc1. The molecule has 3 rings (SSSR count). The minimum Gasteiger partial charge on any atom is -0.454 e. The third kappa shape index (κ3) is 3.24. The number of rotatable bonds is 3. The molecule has 1 aliphatic heterocycles. The highest BCUT2D eigenvalue weighted by Gasteiger charge is 2.14. The highest BCUT2D eigenvalue weighted by Crippen LogP contribution is 2.34. The lowest BCUT2D eigenvalue weighted by molar-refractivity contribution is 0.174. The molecule has 1 heterocycles. The molecule has 110 valence electrons. The fourth-order valence-electron chi connectivity index (χ4n) is 1.93. The second-order valence-corrected chi connectivity index (χ2v) is 5.22. The van der Waals surface area contributed by atoms with Gasteiger partial charge in [-0.1, -0.05) is 0 Å². The molecule has 0 unspecified atom stereocenters. The topological polar surface area (TPSA) is 83.4 Å². The molecule has 1 aliphatic rings. The smallest absolute Gasteiger partial charge is 0.323 e. The van der Waals surface area contributed by atoms with E-state index in [2.05, 4.69) is 10.6 Å². The summed E-state index contributed by atoms with van der Waals surface area (Å²) >= 11 is 1.07. The summed E-state index contributed by atoms with van der Waals surface area (Å²) in [5.74, 6) is 1.27. The molecule has 0 atom stereocenters. The number of nitriles is 1. The van der Waals surface area contributed by atoms with Crippen molar-refractivity contribution in [2.45, 2.75) is 4.90 Å². The maximum atomic E-state index is 11.9. The third-order valence-electron chi connectivity index (χ3n) is 2.91. The number of carbonyl (C=O) groups excluding carboxylic acids is 1. The van der Waals surface area contributed by atoms with Crippen molar-refractivity contribution >= 4 is 29.2 Å². The Morgan fingerprint density at radius 1 is 1.05 bits per heavy atom. The molecule has 2 aromatic carbocycles. The van der Waals surface area contributed by atoms with Crippen molar-refractivity contribution in [3.05, 3.63) is 42.5 Å². The predicted octanol–water partition coefficient (Wildman–Crippen LogP) is 3.63. The van der Waals surface area contributed by atoms with Gasteiger partial charge in [0.2, 0.25) is 6.79 Å². The summed E-state index contributed by atoms with van der Waals surface area (Å²) in [5.41, 5.74) is 1.25. The largest absolute Gasteiger partial charge is 0.454 e. The molecule has 0 aliphatic carbocycles. The zero-order chi connectivity index (χ0) is 15.4. The standard InChI is InChI=1S/C15H11N3O3S/c16-8-22-12-4-1-10(2-5-12)17-15(19)18-11-3-6-13-14(7-11)21-9-20-13/h1-7H,9H2,(H2,17,18,19). The maximum absolute atomic E-state index is 11.9. The summed E-state index contributed by atoms with van der Waals surface area (Å²) in [6, 6.07) is 11.8. The van der Waals surface area contributed by atoms with E-state index < -0.39 is 0 Å². The number of amides is 2. The van der Waals surface area contributed by atoms with E-state index >= 15 is 0 Å². The van der Waals surface area contributed by atoms with Gasteiger partial charge in [0.05, 0.1) is 0 Å². The Morgan fingerprint density at radius 3 is 2.50 bits per heavy atom. The molecule has 2 aromatic rings. The molecule has 2 N–H and O–H groups in total. The number of ether oxygens (including phenoxy) is 2. The molecule has 0 radical (unpaired) electrons. The Bertz CT molecular complexity index is 741. The summed E-state index contributed by atoms with van der Waals surface area (Å²) in [7, 11) is 0. The molecule has 0 spiro atoms. The second kappa shape index (κ2) is 6.28. The van der Waals surface area contributed by atoms with Crippen LogP contribution in [0.1, 0.15) is 0 Å². The van der Waals surface area contributed by atoms with Gasteiger partial charge in [-0.3, -0.25) is 0 Å². The highest BCUT2D eigenvalue weighted by atomic mass is 32.2. The first-order valence-corrected chi connectivity index (χ1v) is 7.20. The van der Waals surface area contributed by atoms with Crippen LogP contribution in [0.2, 0.25) is 0 Å². The summed E-state index contributed by atoms with van der Waals surface area (Å²) in [6.07, 6.45) is 0. The molecule has 2 amide bonds. The van der Waals surface area contributed by atoms with Crippen LogP contribution in [-0.4, -0.2) is 12.8 Å². The van der Waals surface area contributed by atoms with E-state index in [9.17, 15) is 4.79 Å². The molecule has 22 heavy (non-hydrogen) atoms. The predicted molar refractivity (Wildman–Crippen MR) is 83.1 cm³/mol. The van der Waals surface area contributed by atoms with Crippen molar-refractivity contribution in [2.24, 2.45) is 0 Å². The average molecular weight is 313 g/mol. The van der Waals surface area contributed by atoms with Crippen molar-refractivity contribution in [3.63, 3.8) is 0 Å². The summed E-state index contributed by atoms with van der Waals surface area (Å²) < 4.78 is 10.5. The fourth-order valence-corrected chi connectivity index (χ4v) is 2.30. The van der Waals surface area contributed by atoms with Crippen LogP contribution in [0.4, 0.5) is 16.2 Å². The number of fused-ring (bicyclic) bond motifs is 1. The Kier molecular flexibility index (Phi) is 4.03. The van der Waals surface area contributed by atoms with E-state index in [0.717, 1.165) is 16.7 Å². The van der Waals surface area contributed by atoms with Crippen molar-refractivity contribution in [2.75, 3.05) is 17.4 Å². The molecule has 0 saturated carbocycles. The Morgan fingerprint density at radius 2 is 1.73 bits per heavy atom. The summed E-state index contributed by atoms with van der Waals surface area (Å²) in [5, 5.41) is 16.0. The van der Waals surface area contributed by atoms with Gasteiger partial charge in [-0.25, -0.2) is 4.79 Å². The molecule has 6 nitrogen and oxygen atoms in total. The lowest BCUT2D eigenvalue weighted by atomic mass is 10.3. The van der Waals surface area contributed by atoms with Crippen molar-refractivity contribution in [1.29, 1.82) is 5.26 Å². The van der Waals surface area contributed by atoms with E-state index in [0.29, 0.717) is 22.9 Å². The normalized spacial score (nSPS) is 11.6. The molecule has 7 heteroatoms. The van der Waals surface area contributed by atoms with Crippen LogP contribution in [0.5, 0.6) is 11.5 Å². The van der Waals surface area contributed by atoms with Gasteiger partial charge in [-0.15, -0.1) is 0 Å². The average Bonchev–Trinajstić information content (AvgIpc) is 2.97. The van der Waals surface area contributed by atoms with E-state index in [1.165, 1.54) is 0 Å². The number of carbonyl (C=O) groups is 1. The third-order valence-corrected chi connectivity index (χ3v) is 3.51. The summed E-state index contributed by atoms with van der Waals surface area (Å²) in [4.78, 5) is 12.8. The van der Waals surface area contributed by atoms with Gasteiger partial charge in [-0.2, -0.15) is 5.26 Å². The van der Waals surface area contributed by atoms with Crippen LogP contribution < -0.4 is 20.1 Å². The van der Waals surface area contributed by atoms with E-state index in [1.807, 2.05) is 5.40 Å². The minimum atomic E-state index is -0.362. The van der Waals surface area contributed by atoms with Crippen LogP contribution >= 0.6 is 11.8 Å². The van der Waals surface area contributed by atoms with E-state index in [-0.39, 0.29) is 12.8 Å². The van der Waals surface area contributed by atoms with Crippen molar-refractivity contribution < 1.29 is 14.3 Å². The lowest BCUT2D eigenvalue weighted by Gasteiger charge is -2.08. The molecule has 0 bridgehead atoms. The number of nitrogens with one attached hydrogen (secondary N) is 2. The first kappa shape index (κ1) is 14.1. The van der Waals surface area contributed by atoms with Crippen LogP contribution in [0.3, 0.4) is 0 Å².